The lowest BCUT2D eigenvalue weighted by molar-refractivity contribution is -0.138. The molecule has 3 rings (SSSR count). The highest BCUT2D eigenvalue weighted by Gasteiger charge is 2.33. The quantitative estimate of drug-likeness (QED) is 0.267. The molecule has 0 saturated heterocycles. The van der Waals surface area contributed by atoms with Gasteiger partial charge in [0.1, 0.15) is 28.7 Å². The highest BCUT2D eigenvalue weighted by molar-refractivity contribution is 14.1. The number of hydrogen-bond acceptors (Lipinski definition) is 6. The number of aliphatic hydroxyl groups excluding tert-OH is 1. The van der Waals surface area contributed by atoms with Gasteiger partial charge in [-0.2, -0.15) is 0 Å². The van der Waals surface area contributed by atoms with E-state index in [2.05, 4.69) is 34.2 Å². The van der Waals surface area contributed by atoms with Gasteiger partial charge in [-0.15, -0.1) is 0 Å². The zero-order chi connectivity index (χ0) is 21.5. The normalized spacial score (nSPS) is 16.2. The smallest absolute Gasteiger partial charge is 0.344 e. The Kier molecular flexibility index (Phi) is 7.75. The summed E-state index contributed by atoms with van der Waals surface area (Å²) in [5.74, 6) is 0.0356. The standard InChI is InChI=1S/C23H20INO4S/c1-3-12-29-18-11-10-15(13-17(18)24)14-19-21(26)20(23(27)28-4-2)22(30-19)25-16-8-6-5-7-9-16/h3,5-11,13-14,26H,1,4,12H2,2H3/b19-14-,25-22?. The first-order valence-corrected chi connectivity index (χ1v) is 11.1. The van der Waals surface area contributed by atoms with Gasteiger partial charge in [-0.25, -0.2) is 9.79 Å². The monoisotopic (exact) mass is 533 g/mol. The van der Waals surface area contributed by atoms with E-state index in [-0.39, 0.29) is 17.9 Å². The van der Waals surface area contributed by atoms with E-state index in [1.165, 1.54) is 11.8 Å². The van der Waals surface area contributed by atoms with Crippen molar-refractivity contribution in [2.45, 2.75) is 6.92 Å². The van der Waals surface area contributed by atoms with Crippen LogP contribution in [0.1, 0.15) is 12.5 Å². The Morgan fingerprint density at radius 1 is 1.27 bits per heavy atom. The number of aliphatic imine (C=N–C) groups is 1. The Labute approximate surface area is 193 Å². The van der Waals surface area contributed by atoms with Crippen molar-refractivity contribution >= 4 is 57.1 Å². The highest BCUT2D eigenvalue weighted by Crippen LogP contribution is 2.40. The van der Waals surface area contributed by atoms with E-state index < -0.39 is 5.97 Å². The van der Waals surface area contributed by atoms with Crippen LogP contribution in [0, 0.1) is 3.57 Å². The van der Waals surface area contributed by atoms with Crippen molar-refractivity contribution in [1.29, 1.82) is 0 Å². The predicted molar refractivity (Wildman–Crippen MR) is 130 cm³/mol. The van der Waals surface area contributed by atoms with E-state index in [4.69, 9.17) is 9.47 Å². The fourth-order valence-electron chi connectivity index (χ4n) is 2.64. The van der Waals surface area contributed by atoms with Gasteiger partial charge in [-0.05, 0) is 65.4 Å². The van der Waals surface area contributed by atoms with Gasteiger partial charge in [0.2, 0.25) is 0 Å². The second-order valence-electron chi connectivity index (χ2n) is 6.10. The molecule has 2 aromatic rings. The fourth-order valence-corrected chi connectivity index (χ4v) is 4.37. The number of halogens is 1. The SMILES string of the molecule is C=CCOc1ccc(/C=C2\SC(=Nc3ccccc3)C(C(=O)OCC)=C2O)cc1I. The van der Waals surface area contributed by atoms with E-state index in [1.807, 2.05) is 54.6 Å². The maximum absolute atomic E-state index is 12.5. The molecule has 0 radical (unpaired) electrons. The zero-order valence-corrected chi connectivity index (χ0v) is 19.3. The molecule has 154 valence electrons. The Bertz CT molecular complexity index is 1040. The molecule has 1 N–H and O–H groups in total. The van der Waals surface area contributed by atoms with E-state index in [0.29, 0.717) is 22.2 Å². The summed E-state index contributed by atoms with van der Waals surface area (Å²) in [6.07, 6.45) is 3.50. The lowest BCUT2D eigenvalue weighted by Crippen LogP contribution is -2.12. The number of para-hydroxylation sites is 1. The first-order valence-electron chi connectivity index (χ1n) is 9.21. The number of hydrogen-bond donors (Lipinski definition) is 1. The van der Waals surface area contributed by atoms with E-state index in [0.717, 1.165) is 14.9 Å². The first kappa shape index (κ1) is 22.2. The molecule has 1 aliphatic rings. The van der Waals surface area contributed by atoms with Crippen LogP contribution >= 0.6 is 34.4 Å². The van der Waals surface area contributed by atoms with E-state index in [9.17, 15) is 9.90 Å². The average molecular weight is 533 g/mol. The number of carbonyl (C=O) groups excluding carboxylic acids is 1. The van der Waals surface area contributed by atoms with Crippen LogP contribution in [0.3, 0.4) is 0 Å². The van der Waals surface area contributed by atoms with Gasteiger partial charge in [0.15, 0.2) is 0 Å². The molecule has 2 aromatic carbocycles. The van der Waals surface area contributed by atoms with Gasteiger partial charge < -0.3 is 14.6 Å². The second kappa shape index (κ2) is 10.5. The van der Waals surface area contributed by atoms with Crippen molar-refractivity contribution in [3.63, 3.8) is 0 Å². The number of thioether (sulfide) groups is 1. The van der Waals surface area contributed by atoms with Crippen molar-refractivity contribution in [2.75, 3.05) is 13.2 Å². The van der Waals surface area contributed by atoms with Crippen LogP contribution in [0.25, 0.3) is 6.08 Å². The van der Waals surface area contributed by atoms with Crippen LogP contribution in [0.4, 0.5) is 5.69 Å². The van der Waals surface area contributed by atoms with Crippen molar-refractivity contribution in [1.82, 2.24) is 0 Å². The summed E-state index contributed by atoms with van der Waals surface area (Å²) in [4.78, 5) is 17.5. The second-order valence-corrected chi connectivity index (χ2v) is 8.29. The molecule has 0 bridgehead atoms. The van der Waals surface area contributed by atoms with Crippen LogP contribution in [0.2, 0.25) is 0 Å². The molecule has 0 atom stereocenters. The Balaban J connectivity index is 1.97. The van der Waals surface area contributed by atoms with E-state index >= 15 is 0 Å². The molecule has 5 nitrogen and oxygen atoms in total. The number of esters is 1. The maximum Gasteiger partial charge on any atom is 0.344 e. The molecule has 30 heavy (non-hydrogen) atoms. The topological polar surface area (TPSA) is 68.1 Å². The van der Waals surface area contributed by atoms with Gasteiger partial charge in [0.25, 0.3) is 0 Å². The van der Waals surface area contributed by atoms with Crippen LogP contribution in [-0.2, 0) is 9.53 Å². The van der Waals surface area contributed by atoms with Gasteiger partial charge >= 0.3 is 5.97 Å². The summed E-state index contributed by atoms with van der Waals surface area (Å²) in [5.41, 5.74) is 1.63. The third-order valence-corrected chi connectivity index (χ3v) is 5.83. The van der Waals surface area contributed by atoms with Crippen molar-refractivity contribution in [2.24, 2.45) is 4.99 Å². The molecule has 0 aliphatic carbocycles. The molecule has 7 heteroatoms. The number of nitrogens with zero attached hydrogens (tertiary/aromatic N) is 1. The summed E-state index contributed by atoms with van der Waals surface area (Å²) in [7, 11) is 0. The number of ether oxygens (including phenoxy) is 2. The average Bonchev–Trinajstić information content (AvgIpc) is 3.03. The predicted octanol–water partition coefficient (Wildman–Crippen LogP) is 6.05. The summed E-state index contributed by atoms with van der Waals surface area (Å²) < 4.78 is 11.7. The van der Waals surface area contributed by atoms with Crippen LogP contribution in [0.15, 0.2) is 82.4 Å². The lowest BCUT2D eigenvalue weighted by atomic mass is 10.1. The molecule has 0 amide bonds. The van der Waals surface area contributed by atoms with Crippen molar-refractivity contribution in [3.05, 3.63) is 86.6 Å². The minimum atomic E-state index is -0.594. The maximum atomic E-state index is 12.5. The molecule has 1 aliphatic heterocycles. The zero-order valence-electron chi connectivity index (χ0n) is 16.3. The number of rotatable bonds is 7. The summed E-state index contributed by atoms with van der Waals surface area (Å²) in [6.45, 7) is 6.01. The molecule has 0 aromatic heterocycles. The molecule has 0 saturated carbocycles. The Hall–Kier alpha value is -2.52. The number of carbonyl (C=O) groups is 1. The first-order chi connectivity index (χ1) is 14.5. The van der Waals surface area contributed by atoms with Gasteiger partial charge in [-0.3, -0.25) is 0 Å². The van der Waals surface area contributed by atoms with E-state index in [1.54, 1.807) is 13.0 Å². The lowest BCUT2D eigenvalue weighted by Gasteiger charge is -2.07. The van der Waals surface area contributed by atoms with Crippen LogP contribution in [-0.4, -0.2) is 29.3 Å². The summed E-state index contributed by atoms with van der Waals surface area (Å²) in [6, 6.07) is 15.0. The third-order valence-electron chi connectivity index (χ3n) is 3.97. The largest absolute Gasteiger partial charge is 0.506 e. The van der Waals surface area contributed by atoms with Crippen molar-refractivity contribution in [3.8, 4) is 5.75 Å². The Morgan fingerprint density at radius 3 is 2.70 bits per heavy atom. The van der Waals surface area contributed by atoms with Crippen LogP contribution < -0.4 is 4.74 Å². The number of aliphatic hydroxyl groups is 1. The fraction of sp³-hybridized carbons (Fsp3) is 0.130. The van der Waals surface area contributed by atoms with Gasteiger partial charge in [0.05, 0.1) is 20.8 Å². The molecular weight excluding hydrogens is 513 g/mol. The van der Waals surface area contributed by atoms with Gasteiger partial charge in [-0.1, -0.05) is 48.7 Å². The van der Waals surface area contributed by atoms with Crippen molar-refractivity contribution < 1.29 is 19.4 Å². The summed E-state index contributed by atoms with van der Waals surface area (Å²) in [5, 5.41) is 11.2. The molecule has 0 spiro atoms. The summed E-state index contributed by atoms with van der Waals surface area (Å²) >= 11 is 3.43. The van der Waals surface area contributed by atoms with Gasteiger partial charge in [0, 0.05) is 0 Å². The Morgan fingerprint density at radius 2 is 2.03 bits per heavy atom. The number of benzene rings is 2. The highest BCUT2D eigenvalue weighted by atomic mass is 127. The minimum Gasteiger partial charge on any atom is -0.506 e. The molecular formula is C23H20INO4S. The van der Waals surface area contributed by atoms with Crippen LogP contribution in [0.5, 0.6) is 5.75 Å². The molecule has 0 unspecified atom stereocenters. The molecule has 1 heterocycles. The minimum absolute atomic E-state index is 0.0811. The molecule has 0 fully saturated rings. The third kappa shape index (κ3) is 5.34.